The first-order valence-electron chi connectivity index (χ1n) is 6.02. The Morgan fingerprint density at radius 1 is 1.33 bits per heavy atom. The van der Waals surface area contributed by atoms with Gasteiger partial charge in [0.05, 0.1) is 10.0 Å². The molecule has 2 rings (SSSR count). The third kappa shape index (κ3) is 2.25. The second-order valence-electron chi connectivity index (χ2n) is 4.77. The van der Waals surface area contributed by atoms with Crippen LogP contribution in [0.15, 0.2) is 12.1 Å². The highest BCUT2D eigenvalue weighted by molar-refractivity contribution is 6.42. The summed E-state index contributed by atoms with van der Waals surface area (Å²) in [6, 6.07) is 2.64. The minimum absolute atomic E-state index is 0.0976. The number of halogens is 3. The third-order valence-corrected chi connectivity index (χ3v) is 4.69. The van der Waals surface area contributed by atoms with Crippen LogP contribution >= 0.6 is 23.2 Å². The molecule has 1 atom stereocenters. The van der Waals surface area contributed by atoms with Crippen LogP contribution in [0.25, 0.3) is 0 Å². The molecule has 0 spiro atoms. The van der Waals surface area contributed by atoms with Crippen molar-refractivity contribution in [2.75, 3.05) is 7.05 Å². The Labute approximate surface area is 116 Å². The van der Waals surface area contributed by atoms with E-state index in [-0.39, 0.29) is 15.6 Å². The molecule has 0 radical (unpaired) electrons. The second kappa shape index (κ2) is 5.33. The van der Waals surface area contributed by atoms with Gasteiger partial charge in [0.1, 0.15) is 11.9 Å². The predicted molar refractivity (Wildman–Crippen MR) is 71.6 cm³/mol. The summed E-state index contributed by atoms with van der Waals surface area (Å²) < 4.78 is 13.9. The van der Waals surface area contributed by atoms with Gasteiger partial charge in [-0.25, -0.2) is 4.39 Å². The maximum absolute atomic E-state index is 13.9. The summed E-state index contributed by atoms with van der Waals surface area (Å²) >= 11 is 11.9. The molecule has 18 heavy (non-hydrogen) atoms. The lowest BCUT2D eigenvalue weighted by Gasteiger charge is -2.35. The van der Waals surface area contributed by atoms with Crippen molar-refractivity contribution >= 4 is 23.2 Å². The van der Waals surface area contributed by atoms with Gasteiger partial charge in [-0.3, -0.25) is 0 Å². The Hall–Kier alpha value is -0.350. The molecule has 0 aliphatic heterocycles. The summed E-state index contributed by atoms with van der Waals surface area (Å²) in [6.45, 7) is 0. The molecule has 0 saturated heterocycles. The van der Waals surface area contributed by atoms with E-state index < -0.39 is 17.5 Å². The molecule has 100 valence electrons. The summed E-state index contributed by atoms with van der Waals surface area (Å²) in [5, 5.41) is 14.0. The summed E-state index contributed by atoms with van der Waals surface area (Å²) in [5.41, 5.74) is -0.407. The fraction of sp³-hybridized carbons (Fsp3) is 0.538. The van der Waals surface area contributed by atoms with E-state index in [1.807, 2.05) is 0 Å². The van der Waals surface area contributed by atoms with E-state index in [2.05, 4.69) is 5.32 Å². The number of benzene rings is 1. The molecule has 0 bridgehead atoms. The first-order valence-corrected chi connectivity index (χ1v) is 6.78. The van der Waals surface area contributed by atoms with E-state index in [1.54, 1.807) is 7.05 Å². The molecular formula is C13H16Cl2FNO. The second-order valence-corrected chi connectivity index (χ2v) is 5.56. The lowest BCUT2D eigenvalue weighted by molar-refractivity contribution is 0.0637. The quantitative estimate of drug-likeness (QED) is 0.833. The van der Waals surface area contributed by atoms with Gasteiger partial charge in [0.25, 0.3) is 0 Å². The van der Waals surface area contributed by atoms with Crippen molar-refractivity contribution < 1.29 is 9.50 Å². The molecule has 2 N–H and O–H groups in total. The van der Waals surface area contributed by atoms with E-state index in [1.165, 1.54) is 12.1 Å². The van der Waals surface area contributed by atoms with Gasteiger partial charge in [-0.05, 0) is 32.0 Å². The highest BCUT2D eigenvalue weighted by Gasteiger charge is 2.42. The molecular weight excluding hydrogens is 276 g/mol. The van der Waals surface area contributed by atoms with E-state index in [0.29, 0.717) is 0 Å². The first-order chi connectivity index (χ1) is 8.52. The van der Waals surface area contributed by atoms with Gasteiger partial charge >= 0.3 is 0 Å². The highest BCUT2D eigenvalue weighted by atomic mass is 35.5. The van der Waals surface area contributed by atoms with Crippen LogP contribution in [0.3, 0.4) is 0 Å². The number of likely N-dealkylation sites (N-methyl/N-ethyl adjacent to an activating group) is 1. The minimum Gasteiger partial charge on any atom is -0.386 e. The Bertz CT molecular complexity index is 447. The monoisotopic (exact) mass is 291 g/mol. The predicted octanol–water partition coefficient (Wildman–Crippen LogP) is 3.70. The molecule has 2 nitrogen and oxygen atoms in total. The average Bonchev–Trinajstić information content (AvgIpc) is 2.84. The largest absolute Gasteiger partial charge is 0.386 e. The summed E-state index contributed by atoms with van der Waals surface area (Å²) in [6.07, 6.45) is 2.63. The molecule has 0 amide bonds. The molecule has 1 aliphatic carbocycles. The van der Waals surface area contributed by atoms with E-state index in [4.69, 9.17) is 23.2 Å². The van der Waals surface area contributed by atoms with Crippen LogP contribution in [0.2, 0.25) is 10.0 Å². The topological polar surface area (TPSA) is 32.3 Å². The van der Waals surface area contributed by atoms with Gasteiger partial charge < -0.3 is 10.4 Å². The number of hydrogen-bond donors (Lipinski definition) is 2. The van der Waals surface area contributed by atoms with Crippen LogP contribution in [0.5, 0.6) is 0 Å². The molecule has 0 heterocycles. The standard InChI is InChI=1S/C13H16Cl2FNO/c1-17-13(6-2-3-7-13)12(18)10-9(16)5-4-8(14)11(10)15/h4-5,12,17-18H,2-3,6-7H2,1H3. The molecule has 1 saturated carbocycles. The van der Waals surface area contributed by atoms with Crippen molar-refractivity contribution in [1.29, 1.82) is 0 Å². The van der Waals surface area contributed by atoms with Gasteiger partial charge in [0.15, 0.2) is 0 Å². The fourth-order valence-electron chi connectivity index (χ4n) is 2.74. The summed E-state index contributed by atoms with van der Waals surface area (Å²) in [7, 11) is 1.78. The van der Waals surface area contributed by atoms with Crippen molar-refractivity contribution in [3.05, 3.63) is 33.6 Å². The fourth-order valence-corrected chi connectivity index (χ4v) is 3.16. The van der Waals surface area contributed by atoms with Crippen molar-refractivity contribution in [2.45, 2.75) is 37.3 Å². The van der Waals surface area contributed by atoms with Crippen LogP contribution in [0, 0.1) is 5.82 Å². The van der Waals surface area contributed by atoms with Crippen molar-refractivity contribution in [2.24, 2.45) is 0 Å². The molecule has 1 aliphatic rings. The first kappa shape index (κ1) is 14.1. The zero-order valence-electron chi connectivity index (χ0n) is 10.1. The third-order valence-electron chi connectivity index (χ3n) is 3.87. The van der Waals surface area contributed by atoms with Gasteiger partial charge in [-0.15, -0.1) is 0 Å². The molecule has 1 aromatic rings. The lowest BCUT2D eigenvalue weighted by atomic mass is 9.86. The lowest BCUT2D eigenvalue weighted by Crippen LogP contribution is -2.46. The Morgan fingerprint density at radius 2 is 1.94 bits per heavy atom. The van der Waals surface area contributed by atoms with Crippen LogP contribution in [0.1, 0.15) is 37.4 Å². The van der Waals surface area contributed by atoms with Gasteiger partial charge in [-0.1, -0.05) is 36.0 Å². The van der Waals surface area contributed by atoms with Crippen LogP contribution in [-0.4, -0.2) is 17.7 Å². The van der Waals surface area contributed by atoms with Crippen LogP contribution < -0.4 is 5.32 Å². The van der Waals surface area contributed by atoms with Crippen molar-refractivity contribution in [3.63, 3.8) is 0 Å². The Balaban J connectivity index is 2.45. The zero-order chi connectivity index (χ0) is 13.3. The molecule has 0 aromatic heterocycles. The van der Waals surface area contributed by atoms with Crippen LogP contribution in [0.4, 0.5) is 4.39 Å². The molecule has 1 unspecified atom stereocenters. The van der Waals surface area contributed by atoms with E-state index >= 15 is 0 Å². The zero-order valence-corrected chi connectivity index (χ0v) is 11.7. The maximum atomic E-state index is 13.9. The number of hydrogen-bond acceptors (Lipinski definition) is 2. The highest BCUT2D eigenvalue weighted by Crippen LogP contribution is 2.43. The molecule has 1 aromatic carbocycles. The smallest absolute Gasteiger partial charge is 0.130 e. The molecule has 1 fully saturated rings. The van der Waals surface area contributed by atoms with Gasteiger partial charge in [0.2, 0.25) is 0 Å². The number of nitrogens with one attached hydrogen (secondary N) is 1. The Kier molecular flexibility index (Phi) is 4.17. The van der Waals surface area contributed by atoms with E-state index in [0.717, 1.165) is 25.7 Å². The van der Waals surface area contributed by atoms with E-state index in [9.17, 15) is 9.50 Å². The van der Waals surface area contributed by atoms with Crippen molar-refractivity contribution in [3.8, 4) is 0 Å². The summed E-state index contributed by atoms with van der Waals surface area (Å²) in [5.74, 6) is -0.515. The number of rotatable bonds is 3. The normalized spacial score (nSPS) is 20.1. The summed E-state index contributed by atoms with van der Waals surface area (Å²) in [4.78, 5) is 0. The SMILES string of the molecule is CNC1(C(O)c2c(F)ccc(Cl)c2Cl)CCCC1. The molecule has 5 heteroatoms. The van der Waals surface area contributed by atoms with Crippen molar-refractivity contribution in [1.82, 2.24) is 5.32 Å². The van der Waals surface area contributed by atoms with Gasteiger partial charge in [0, 0.05) is 11.1 Å². The van der Waals surface area contributed by atoms with Gasteiger partial charge in [-0.2, -0.15) is 0 Å². The Morgan fingerprint density at radius 3 is 2.50 bits per heavy atom. The number of aliphatic hydroxyl groups is 1. The average molecular weight is 292 g/mol. The number of aliphatic hydroxyl groups excluding tert-OH is 1. The maximum Gasteiger partial charge on any atom is 0.130 e. The van der Waals surface area contributed by atoms with Crippen LogP contribution in [-0.2, 0) is 0 Å². The minimum atomic E-state index is -0.990.